The topological polar surface area (TPSA) is 43.3 Å². The number of rotatable bonds is 3. The molecule has 1 unspecified atom stereocenters. The Kier molecular flexibility index (Phi) is 2.56. The lowest BCUT2D eigenvalue weighted by atomic mass is 10.0. The molecule has 1 atom stereocenters. The minimum Gasteiger partial charge on any atom is -0.327 e. The van der Waals surface area contributed by atoms with Gasteiger partial charge in [0, 0.05) is 30.2 Å². The van der Waals surface area contributed by atoms with E-state index in [1.54, 1.807) is 11.3 Å². The van der Waals surface area contributed by atoms with Crippen molar-refractivity contribution in [1.82, 2.24) is 9.38 Å². The molecule has 2 heterocycles. The fraction of sp³-hybridized carbons (Fsp3) is 0.500. The van der Waals surface area contributed by atoms with E-state index in [0.29, 0.717) is 5.92 Å². The predicted molar refractivity (Wildman–Crippen MR) is 59.6 cm³/mol. The van der Waals surface area contributed by atoms with Crippen LogP contribution in [0.2, 0.25) is 0 Å². The second kappa shape index (κ2) is 3.71. The van der Waals surface area contributed by atoms with E-state index in [1.807, 2.05) is 16.0 Å². The highest BCUT2D eigenvalue weighted by Gasteiger charge is 2.11. The Hall–Kier alpha value is -0.870. The van der Waals surface area contributed by atoms with Gasteiger partial charge in [0.2, 0.25) is 0 Å². The Morgan fingerprint density at radius 2 is 2.36 bits per heavy atom. The molecule has 0 aliphatic carbocycles. The third kappa shape index (κ3) is 1.81. The lowest BCUT2D eigenvalue weighted by Crippen LogP contribution is -2.28. The van der Waals surface area contributed by atoms with Gasteiger partial charge in [-0.25, -0.2) is 4.98 Å². The Balaban J connectivity index is 2.15. The van der Waals surface area contributed by atoms with E-state index in [1.165, 1.54) is 0 Å². The minimum atomic E-state index is 0.208. The normalized spacial score (nSPS) is 14.0. The first kappa shape index (κ1) is 9.68. The van der Waals surface area contributed by atoms with Crippen molar-refractivity contribution in [2.45, 2.75) is 26.3 Å². The highest BCUT2D eigenvalue weighted by molar-refractivity contribution is 7.15. The van der Waals surface area contributed by atoms with Crippen molar-refractivity contribution >= 4 is 16.3 Å². The van der Waals surface area contributed by atoms with E-state index in [9.17, 15) is 0 Å². The fourth-order valence-corrected chi connectivity index (χ4v) is 2.07. The molecule has 0 fully saturated rings. The molecule has 2 aromatic rings. The summed E-state index contributed by atoms with van der Waals surface area (Å²) in [6, 6.07) is 0.208. The van der Waals surface area contributed by atoms with Gasteiger partial charge in [-0.05, 0) is 5.92 Å². The van der Waals surface area contributed by atoms with E-state index < -0.39 is 0 Å². The number of nitrogens with zero attached hydrogens (tertiary/aromatic N) is 2. The number of hydrogen-bond donors (Lipinski definition) is 1. The summed E-state index contributed by atoms with van der Waals surface area (Å²) in [5.41, 5.74) is 7.09. The summed E-state index contributed by atoms with van der Waals surface area (Å²) in [7, 11) is 0. The standard InChI is InChI=1S/C10H15N3S/c1-7(2)9(11)5-8-6-13-3-4-14-10(13)12-8/h3-4,6-7,9H,5,11H2,1-2H3. The first-order chi connectivity index (χ1) is 6.66. The molecule has 0 radical (unpaired) electrons. The molecule has 0 saturated heterocycles. The van der Waals surface area contributed by atoms with Gasteiger partial charge in [-0.15, -0.1) is 11.3 Å². The summed E-state index contributed by atoms with van der Waals surface area (Å²) in [5, 5.41) is 2.04. The first-order valence-corrected chi connectivity index (χ1v) is 5.71. The number of hydrogen-bond acceptors (Lipinski definition) is 3. The molecular formula is C10H15N3S. The van der Waals surface area contributed by atoms with Crippen LogP contribution in [0.4, 0.5) is 0 Å². The second-order valence-corrected chi connectivity index (χ2v) is 4.81. The number of thiazole rings is 1. The van der Waals surface area contributed by atoms with Crippen LogP contribution in [0.5, 0.6) is 0 Å². The van der Waals surface area contributed by atoms with E-state index in [0.717, 1.165) is 17.1 Å². The van der Waals surface area contributed by atoms with Gasteiger partial charge in [-0.2, -0.15) is 0 Å². The van der Waals surface area contributed by atoms with Gasteiger partial charge in [0.25, 0.3) is 0 Å². The Bertz CT molecular complexity index is 387. The molecule has 0 bridgehead atoms. The monoisotopic (exact) mass is 209 g/mol. The molecule has 3 nitrogen and oxygen atoms in total. The van der Waals surface area contributed by atoms with Crippen LogP contribution in [0.15, 0.2) is 17.8 Å². The molecule has 0 aromatic carbocycles. The smallest absolute Gasteiger partial charge is 0.193 e. The predicted octanol–water partition coefficient (Wildman–Crippen LogP) is 1.92. The average molecular weight is 209 g/mol. The van der Waals surface area contributed by atoms with Crippen LogP contribution in [0.3, 0.4) is 0 Å². The van der Waals surface area contributed by atoms with Crippen molar-refractivity contribution in [2.24, 2.45) is 11.7 Å². The largest absolute Gasteiger partial charge is 0.327 e. The van der Waals surface area contributed by atoms with Crippen LogP contribution in [-0.4, -0.2) is 15.4 Å². The molecule has 0 spiro atoms. The van der Waals surface area contributed by atoms with Gasteiger partial charge in [0.05, 0.1) is 5.69 Å². The molecule has 4 heteroatoms. The Morgan fingerprint density at radius 1 is 1.57 bits per heavy atom. The van der Waals surface area contributed by atoms with Gasteiger partial charge in [0.15, 0.2) is 4.96 Å². The lowest BCUT2D eigenvalue weighted by Gasteiger charge is -2.13. The van der Waals surface area contributed by atoms with E-state index in [4.69, 9.17) is 5.73 Å². The molecule has 14 heavy (non-hydrogen) atoms. The van der Waals surface area contributed by atoms with E-state index >= 15 is 0 Å². The number of nitrogens with two attached hydrogens (primary N) is 1. The number of imidazole rings is 1. The molecule has 76 valence electrons. The van der Waals surface area contributed by atoms with Crippen LogP contribution in [0.1, 0.15) is 19.5 Å². The zero-order valence-electron chi connectivity index (χ0n) is 8.47. The zero-order valence-corrected chi connectivity index (χ0v) is 9.29. The summed E-state index contributed by atoms with van der Waals surface area (Å²) >= 11 is 1.65. The van der Waals surface area contributed by atoms with Crippen molar-refractivity contribution in [3.63, 3.8) is 0 Å². The molecule has 0 aliphatic rings. The van der Waals surface area contributed by atoms with E-state index in [2.05, 4.69) is 25.0 Å². The molecule has 2 aromatic heterocycles. The first-order valence-electron chi connectivity index (χ1n) is 4.83. The second-order valence-electron chi connectivity index (χ2n) is 3.94. The van der Waals surface area contributed by atoms with Gasteiger partial charge in [0.1, 0.15) is 0 Å². The molecule has 0 saturated carbocycles. The molecule has 0 amide bonds. The van der Waals surface area contributed by atoms with Gasteiger partial charge >= 0.3 is 0 Å². The minimum absolute atomic E-state index is 0.208. The highest BCUT2D eigenvalue weighted by Crippen LogP contribution is 2.13. The number of fused-ring (bicyclic) bond motifs is 1. The molecular weight excluding hydrogens is 194 g/mol. The van der Waals surface area contributed by atoms with Gasteiger partial charge < -0.3 is 5.73 Å². The number of aromatic nitrogens is 2. The molecule has 2 rings (SSSR count). The average Bonchev–Trinajstić information content (AvgIpc) is 2.63. The van der Waals surface area contributed by atoms with Crippen LogP contribution in [-0.2, 0) is 6.42 Å². The maximum absolute atomic E-state index is 5.99. The van der Waals surface area contributed by atoms with Crippen molar-refractivity contribution in [2.75, 3.05) is 0 Å². The third-order valence-corrected chi connectivity index (χ3v) is 3.22. The summed E-state index contributed by atoms with van der Waals surface area (Å²) in [5.74, 6) is 0.509. The van der Waals surface area contributed by atoms with Crippen molar-refractivity contribution in [1.29, 1.82) is 0 Å². The van der Waals surface area contributed by atoms with Crippen molar-refractivity contribution in [3.8, 4) is 0 Å². The summed E-state index contributed by atoms with van der Waals surface area (Å²) in [6.45, 7) is 4.28. The SMILES string of the molecule is CC(C)C(N)Cc1cn2ccsc2n1. The fourth-order valence-electron chi connectivity index (χ4n) is 1.35. The van der Waals surface area contributed by atoms with Crippen molar-refractivity contribution in [3.05, 3.63) is 23.5 Å². The zero-order chi connectivity index (χ0) is 10.1. The van der Waals surface area contributed by atoms with E-state index in [-0.39, 0.29) is 6.04 Å². The van der Waals surface area contributed by atoms with Crippen LogP contribution in [0, 0.1) is 5.92 Å². The quantitative estimate of drug-likeness (QED) is 0.839. The Morgan fingerprint density at radius 3 is 3.00 bits per heavy atom. The maximum Gasteiger partial charge on any atom is 0.193 e. The molecule has 0 aliphatic heterocycles. The summed E-state index contributed by atoms with van der Waals surface area (Å²) < 4.78 is 2.05. The van der Waals surface area contributed by atoms with Crippen molar-refractivity contribution < 1.29 is 0 Å². The third-order valence-electron chi connectivity index (χ3n) is 2.44. The summed E-state index contributed by atoms with van der Waals surface area (Å²) in [6.07, 6.45) is 4.96. The molecule has 2 N–H and O–H groups in total. The lowest BCUT2D eigenvalue weighted by molar-refractivity contribution is 0.487. The van der Waals surface area contributed by atoms with Crippen LogP contribution < -0.4 is 5.73 Å². The maximum atomic E-state index is 5.99. The van der Waals surface area contributed by atoms with Gasteiger partial charge in [-0.1, -0.05) is 13.8 Å². The highest BCUT2D eigenvalue weighted by atomic mass is 32.1. The van der Waals surface area contributed by atoms with Crippen LogP contribution >= 0.6 is 11.3 Å². The Labute approximate surface area is 87.6 Å². The van der Waals surface area contributed by atoms with Crippen LogP contribution in [0.25, 0.3) is 4.96 Å². The summed E-state index contributed by atoms with van der Waals surface area (Å²) in [4.78, 5) is 5.55. The van der Waals surface area contributed by atoms with Gasteiger partial charge in [-0.3, -0.25) is 4.40 Å².